The van der Waals surface area contributed by atoms with Gasteiger partial charge in [0.25, 0.3) is 0 Å². The maximum atomic E-state index is 9.76. The monoisotopic (exact) mass is 466 g/mol. The number of hydrogen-bond donors (Lipinski definition) is 1. The first kappa shape index (κ1) is 28.6. The van der Waals surface area contributed by atoms with E-state index in [1.165, 1.54) is 44.9 Å². The second-order valence-corrected chi connectivity index (χ2v) is 10.2. The summed E-state index contributed by atoms with van der Waals surface area (Å²) in [6.07, 6.45) is 10.9. The van der Waals surface area contributed by atoms with Crippen LogP contribution in [0.3, 0.4) is 0 Å². The van der Waals surface area contributed by atoms with Crippen LogP contribution < -0.4 is 10.2 Å². The van der Waals surface area contributed by atoms with Crippen molar-refractivity contribution in [2.24, 2.45) is 0 Å². The number of allylic oxidation sites excluding steroid dienone is 1. The number of carboxylic acids is 2. The minimum absolute atomic E-state index is 0.149. The van der Waals surface area contributed by atoms with Crippen molar-refractivity contribution in [1.29, 1.82) is 0 Å². The van der Waals surface area contributed by atoms with Crippen LogP contribution in [0.4, 0.5) is 0 Å². The van der Waals surface area contributed by atoms with Crippen molar-refractivity contribution in [3.8, 4) is 0 Å². The van der Waals surface area contributed by atoms with Crippen LogP contribution in [-0.2, 0) is 9.59 Å². The zero-order chi connectivity index (χ0) is 19.2. The fourth-order valence-corrected chi connectivity index (χ4v) is 5.63. The van der Waals surface area contributed by atoms with Gasteiger partial charge in [-0.3, -0.25) is 0 Å². The summed E-state index contributed by atoms with van der Waals surface area (Å²) in [5, 5.41) is 18.2. The van der Waals surface area contributed by atoms with Gasteiger partial charge in [-0.2, -0.15) is 12.6 Å². The quantitative estimate of drug-likeness (QED) is 0.208. The van der Waals surface area contributed by atoms with Crippen molar-refractivity contribution in [2.75, 3.05) is 0 Å². The second kappa shape index (κ2) is 25.1. The molecular formula is C18H34O4SSn. The van der Waals surface area contributed by atoms with E-state index in [2.05, 4.69) is 40.0 Å². The normalized spacial score (nSPS) is 10.2. The van der Waals surface area contributed by atoms with E-state index in [1.54, 1.807) is 8.87 Å². The van der Waals surface area contributed by atoms with Gasteiger partial charge in [-0.1, -0.05) is 25.8 Å². The maximum absolute atomic E-state index is 9.76. The minimum Gasteiger partial charge on any atom is -0.550 e. The third-order valence-electron chi connectivity index (χ3n) is 2.81. The fourth-order valence-electron chi connectivity index (χ4n) is 1.32. The molecule has 4 nitrogen and oxygen atoms in total. The first-order valence-electron chi connectivity index (χ1n) is 8.77. The molecule has 0 bridgehead atoms. The molecule has 0 aromatic heterocycles. The predicted molar refractivity (Wildman–Crippen MR) is 102 cm³/mol. The molecule has 24 heavy (non-hydrogen) atoms. The summed E-state index contributed by atoms with van der Waals surface area (Å²) >= 11 is 3.53. The fraction of sp³-hybridized carbons (Fsp3) is 0.778. The molecule has 0 saturated heterocycles. The van der Waals surface area contributed by atoms with Gasteiger partial charge in [0, 0.05) is 17.6 Å². The summed E-state index contributed by atoms with van der Waals surface area (Å²) in [4.78, 5) is 19.4. The third-order valence-corrected chi connectivity index (χ3v) is 7.24. The van der Waals surface area contributed by atoms with E-state index in [9.17, 15) is 19.8 Å². The van der Waals surface area contributed by atoms with Gasteiger partial charge >= 0.3 is 69.5 Å². The molecule has 0 aliphatic carbocycles. The Balaban J connectivity index is -0.000000282. The zero-order valence-electron chi connectivity index (χ0n) is 15.5. The predicted octanol–water partition coefficient (Wildman–Crippen LogP) is 2.66. The number of carbonyl (C=O) groups is 2. The van der Waals surface area contributed by atoms with Crippen LogP contribution >= 0.6 is 12.6 Å². The third kappa shape index (κ3) is 33.4. The standard InChI is InChI=1S/C6H12.C4H6O4S.2C4H9.Sn/c1-3-5-6-4-2;5-3(6)1-2(9)4(7)8;2*1-3-4-2;/h3H,1,4-6H2,2H3;2,9H,1H2,(H,5,6)(H,7,8);2*1,3-4H2,2H3;/q;;;;+2/p-2. The minimum atomic E-state index is -1.50. The Bertz CT molecular complexity index is 293. The van der Waals surface area contributed by atoms with E-state index in [1.807, 2.05) is 6.08 Å². The van der Waals surface area contributed by atoms with Crippen LogP contribution in [0.25, 0.3) is 0 Å². The van der Waals surface area contributed by atoms with E-state index in [0.29, 0.717) is 0 Å². The Labute approximate surface area is 164 Å². The van der Waals surface area contributed by atoms with Crippen LogP contribution in [0.1, 0.15) is 72.1 Å². The molecule has 0 aromatic carbocycles. The summed E-state index contributed by atoms with van der Waals surface area (Å²) in [5.41, 5.74) is 0. The number of rotatable bonds is 12. The zero-order valence-corrected chi connectivity index (χ0v) is 19.3. The Morgan fingerprint density at radius 2 is 1.50 bits per heavy atom. The van der Waals surface area contributed by atoms with Crippen molar-refractivity contribution in [3.05, 3.63) is 12.7 Å². The van der Waals surface area contributed by atoms with Crippen molar-refractivity contribution >= 4 is 45.7 Å². The largest absolute Gasteiger partial charge is 0.550 e. The molecule has 0 aliphatic heterocycles. The average Bonchev–Trinajstić information content (AvgIpc) is 2.53. The molecule has 1 unspecified atom stereocenters. The van der Waals surface area contributed by atoms with Crippen molar-refractivity contribution in [1.82, 2.24) is 0 Å². The van der Waals surface area contributed by atoms with Gasteiger partial charge in [0.2, 0.25) is 0 Å². The van der Waals surface area contributed by atoms with Crippen LogP contribution in [0, 0.1) is 0 Å². The van der Waals surface area contributed by atoms with Crippen LogP contribution in [0.15, 0.2) is 12.7 Å². The number of aliphatic carboxylic acids is 2. The molecular weight excluding hydrogens is 431 g/mol. The van der Waals surface area contributed by atoms with E-state index in [4.69, 9.17) is 0 Å². The molecule has 0 saturated carbocycles. The molecule has 0 N–H and O–H groups in total. The molecule has 6 heteroatoms. The van der Waals surface area contributed by atoms with E-state index < -0.39 is 23.6 Å². The maximum Gasteiger partial charge on any atom is 0.0545 e. The molecule has 0 amide bonds. The number of hydrogen-bond acceptors (Lipinski definition) is 5. The average molecular weight is 465 g/mol. The van der Waals surface area contributed by atoms with Crippen LogP contribution in [0.5, 0.6) is 0 Å². The molecule has 0 fully saturated rings. The smallest absolute Gasteiger partial charge is 0.0545 e. The summed E-state index contributed by atoms with van der Waals surface area (Å²) in [6.45, 7) is 10.4. The van der Waals surface area contributed by atoms with Crippen LogP contribution in [0.2, 0.25) is 8.87 Å². The SMILES string of the molecule is C=CCCCC.CCC[CH2][Sn+2][CH2]CCC.O=C([O-])CC(S)C(=O)[O-]. The topological polar surface area (TPSA) is 80.3 Å². The van der Waals surface area contributed by atoms with Gasteiger partial charge in [0.15, 0.2) is 0 Å². The molecule has 1 atom stereocenters. The van der Waals surface area contributed by atoms with Gasteiger partial charge < -0.3 is 19.8 Å². The molecule has 0 spiro atoms. The Hall–Kier alpha value is -0.171. The summed E-state index contributed by atoms with van der Waals surface area (Å²) in [7, 11) is 0. The van der Waals surface area contributed by atoms with Crippen LogP contribution in [-0.4, -0.2) is 38.3 Å². The van der Waals surface area contributed by atoms with Gasteiger partial charge in [-0.05, 0) is 6.42 Å². The number of carboxylic acid groups (broad SMARTS) is 2. The Morgan fingerprint density at radius 3 is 1.71 bits per heavy atom. The Morgan fingerprint density at radius 1 is 1.04 bits per heavy atom. The number of thiol groups is 1. The van der Waals surface area contributed by atoms with E-state index in [0.717, 1.165) is 0 Å². The molecule has 0 aromatic rings. The van der Waals surface area contributed by atoms with Gasteiger partial charge in [0.1, 0.15) is 0 Å². The number of unbranched alkanes of at least 4 members (excludes halogenated alkanes) is 4. The summed E-state index contributed by atoms with van der Waals surface area (Å²) in [6, 6.07) is 0. The molecule has 140 valence electrons. The first-order valence-corrected chi connectivity index (χ1v) is 13.3. The van der Waals surface area contributed by atoms with Crippen molar-refractivity contribution < 1.29 is 19.8 Å². The molecule has 0 rings (SSSR count). The van der Waals surface area contributed by atoms with Gasteiger partial charge in [-0.15, -0.1) is 6.58 Å². The van der Waals surface area contributed by atoms with E-state index in [-0.39, 0.29) is 21.1 Å². The second-order valence-electron chi connectivity index (χ2n) is 5.30. The molecule has 0 radical (unpaired) electrons. The first-order chi connectivity index (χ1) is 11.4. The summed E-state index contributed by atoms with van der Waals surface area (Å²) in [5.74, 6) is -2.94. The van der Waals surface area contributed by atoms with E-state index >= 15 is 0 Å². The number of carbonyl (C=O) groups excluding carboxylic acids is 2. The molecule has 0 aliphatic rings. The summed E-state index contributed by atoms with van der Waals surface area (Å²) < 4.78 is 3.25. The van der Waals surface area contributed by atoms with Gasteiger partial charge in [0.05, 0.1) is 5.97 Å². The van der Waals surface area contributed by atoms with Gasteiger partial charge in [-0.25, -0.2) is 0 Å². The Kier molecular flexibility index (Phi) is 29.9. The van der Waals surface area contributed by atoms with Crippen molar-refractivity contribution in [2.45, 2.75) is 86.3 Å². The van der Waals surface area contributed by atoms with Crippen molar-refractivity contribution in [3.63, 3.8) is 0 Å². The molecule has 0 heterocycles.